The van der Waals surface area contributed by atoms with Crippen molar-refractivity contribution in [2.24, 2.45) is 0 Å². The molecule has 38 heavy (non-hydrogen) atoms. The second-order valence-corrected chi connectivity index (χ2v) is 9.11. The maximum absolute atomic E-state index is 13.2. The Balaban J connectivity index is 1.46. The van der Waals surface area contributed by atoms with Crippen LogP contribution >= 0.6 is 0 Å². The number of nitrogens with one attached hydrogen (secondary N) is 1. The smallest absolute Gasteiger partial charge is 0.421 e. The Morgan fingerprint density at radius 1 is 1.05 bits per heavy atom. The first-order valence-corrected chi connectivity index (χ1v) is 11.9. The molecule has 10 heteroatoms. The van der Waals surface area contributed by atoms with Crippen LogP contribution in [0.1, 0.15) is 33.6 Å². The molecule has 5 aromatic rings. The summed E-state index contributed by atoms with van der Waals surface area (Å²) in [4.78, 5) is 21.5. The lowest BCUT2D eigenvalue weighted by Gasteiger charge is -2.16. The van der Waals surface area contributed by atoms with Crippen LogP contribution in [0.2, 0.25) is 0 Å². The van der Waals surface area contributed by atoms with Crippen molar-refractivity contribution in [2.45, 2.75) is 40.1 Å². The molecule has 4 aromatic heterocycles. The number of ether oxygens (including phenoxy) is 1. The third-order valence-electron chi connectivity index (χ3n) is 6.41. The largest absolute Gasteiger partial charge is 0.489 e. The van der Waals surface area contributed by atoms with E-state index in [0.717, 1.165) is 49.6 Å². The van der Waals surface area contributed by atoms with Gasteiger partial charge in [-0.25, -0.2) is 0 Å². The molecule has 0 unspecified atom stereocenters. The first-order valence-electron chi connectivity index (χ1n) is 11.9. The number of H-pyrrole nitrogens is 1. The van der Waals surface area contributed by atoms with Crippen molar-refractivity contribution < 1.29 is 17.9 Å². The predicted molar refractivity (Wildman–Crippen MR) is 137 cm³/mol. The van der Waals surface area contributed by atoms with E-state index in [2.05, 4.69) is 20.2 Å². The Morgan fingerprint density at radius 3 is 2.61 bits per heavy atom. The summed E-state index contributed by atoms with van der Waals surface area (Å²) >= 11 is 0. The van der Waals surface area contributed by atoms with Gasteiger partial charge in [0.25, 0.3) is 5.56 Å². The summed E-state index contributed by atoms with van der Waals surface area (Å²) in [5, 5.41) is 8.08. The van der Waals surface area contributed by atoms with Crippen LogP contribution in [0.5, 0.6) is 5.75 Å². The number of aromatic nitrogens is 5. The van der Waals surface area contributed by atoms with Crippen LogP contribution in [0.15, 0.2) is 65.8 Å². The quantitative estimate of drug-likeness (QED) is 0.309. The summed E-state index contributed by atoms with van der Waals surface area (Å²) < 4.78 is 46.9. The molecular formula is C28H24F3N5O2. The van der Waals surface area contributed by atoms with Gasteiger partial charge in [-0.2, -0.15) is 18.3 Å². The molecule has 0 aliphatic heterocycles. The van der Waals surface area contributed by atoms with Crippen LogP contribution in [-0.4, -0.2) is 24.7 Å². The summed E-state index contributed by atoms with van der Waals surface area (Å²) in [6.45, 7) is 5.77. The van der Waals surface area contributed by atoms with E-state index < -0.39 is 17.3 Å². The number of halogens is 3. The monoisotopic (exact) mass is 519 g/mol. The maximum Gasteiger partial charge on any atom is 0.421 e. The Morgan fingerprint density at radius 2 is 1.87 bits per heavy atom. The number of fused-ring (bicyclic) bond motifs is 1. The van der Waals surface area contributed by atoms with Crippen LogP contribution in [0.25, 0.3) is 22.2 Å². The molecule has 0 saturated carbocycles. The normalized spacial score (nSPS) is 11.7. The molecule has 0 saturated heterocycles. The summed E-state index contributed by atoms with van der Waals surface area (Å²) in [6, 6.07) is 11.4. The number of nitrogens with zero attached hydrogens (tertiary/aromatic N) is 4. The lowest BCUT2D eigenvalue weighted by molar-refractivity contribution is -0.138. The van der Waals surface area contributed by atoms with E-state index in [0.29, 0.717) is 17.0 Å². The lowest BCUT2D eigenvalue weighted by Crippen LogP contribution is -2.29. The van der Waals surface area contributed by atoms with E-state index in [1.54, 1.807) is 18.5 Å². The fourth-order valence-corrected chi connectivity index (χ4v) is 4.43. The van der Waals surface area contributed by atoms with Gasteiger partial charge in [-0.1, -0.05) is 0 Å². The molecule has 0 aliphatic rings. The standard InChI is InChI=1S/C28H24F3N5O2/c1-16-8-9-32-25(14-36-10-4-5-23(27(36)37)28(29,30)31)22(16)15-38-19-6-7-24-20(12-19)21(11-18(3)34-24)26-17(2)13-33-35-26/h4-13H,14-15H2,1-3H3,(H,33,35). The second-order valence-electron chi connectivity index (χ2n) is 9.11. The van der Waals surface area contributed by atoms with Crippen molar-refractivity contribution in [1.29, 1.82) is 0 Å². The minimum Gasteiger partial charge on any atom is -0.489 e. The molecule has 194 valence electrons. The molecule has 7 nitrogen and oxygen atoms in total. The van der Waals surface area contributed by atoms with Crippen molar-refractivity contribution in [3.63, 3.8) is 0 Å². The Hall–Kier alpha value is -4.47. The van der Waals surface area contributed by atoms with Gasteiger partial charge in [0.2, 0.25) is 0 Å². The van der Waals surface area contributed by atoms with Gasteiger partial charge in [0, 0.05) is 34.6 Å². The SMILES string of the molecule is Cc1cc(-c2[nH]ncc2C)c2cc(OCc3c(C)ccnc3Cn3cccc(C(F)(F)F)c3=O)ccc2n1. The molecular weight excluding hydrogens is 495 g/mol. The van der Waals surface area contributed by atoms with Crippen LogP contribution in [-0.2, 0) is 19.3 Å². The summed E-state index contributed by atoms with van der Waals surface area (Å²) in [7, 11) is 0. The summed E-state index contributed by atoms with van der Waals surface area (Å²) in [6.07, 6.45) is -0.0811. The molecule has 0 radical (unpaired) electrons. The van der Waals surface area contributed by atoms with E-state index in [9.17, 15) is 18.0 Å². The number of hydrogen-bond acceptors (Lipinski definition) is 5. The highest BCUT2D eigenvalue weighted by Gasteiger charge is 2.34. The highest BCUT2D eigenvalue weighted by atomic mass is 19.4. The first-order chi connectivity index (χ1) is 18.1. The zero-order valence-electron chi connectivity index (χ0n) is 20.9. The van der Waals surface area contributed by atoms with Gasteiger partial charge >= 0.3 is 6.18 Å². The van der Waals surface area contributed by atoms with Crippen molar-refractivity contribution in [2.75, 3.05) is 0 Å². The van der Waals surface area contributed by atoms with Gasteiger partial charge in [0.15, 0.2) is 0 Å². The number of aryl methyl sites for hydroxylation is 3. The topological polar surface area (TPSA) is 85.7 Å². The zero-order valence-corrected chi connectivity index (χ0v) is 20.9. The number of benzene rings is 1. The lowest BCUT2D eigenvalue weighted by atomic mass is 10.0. The molecule has 1 aromatic carbocycles. The molecule has 0 atom stereocenters. The first kappa shape index (κ1) is 25.2. The average molecular weight is 520 g/mol. The molecule has 5 rings (SSSR count). The Bertz CT molecular complexity index is 1710. The molecule has 4 heterocycles. The van der Waals surface area contributed by atoms with E-state index in [4.69, 9.17) is 4.74 Å². The Labute approximate surface area is 216 Å². The van der Waals surface area contributed by atoms with Crippen LogP contribution in [0.4, 0.5) is 13.2 Å². The third kappa shape index (κ3) is 4.89. The molecule has 0 spiro atoms. The van der Waals surface area contributed by atoms with Gasteiger partial charge < -0.3 is 9.30 Å². The van der Waals surface area contributed by atoms with E-state index >= 15 is 0 Å². The van der Waals surface area contributed by atoms with Crippen LogP contribution < -0.4 is 10.3 Å². The van der Waals surface area contributed by atoms with Gasteiger partial charge in [0.05, 0.1) is 29.6 Å². The van der Waals surface area contributed by atoms with Gasteiger partial charge in [-0.3, -0.25) is 19.9 Å². The molecule has 0 aliphatic carbocycles. The molecule has 0 fully saturated rings. The number of aromatic amines is 1. The van der Waals surface area contributed by atoms with Gasteiger partial charge in [-0.05, 0) is 74.4 Å². The molecule has 0 bridgehead atoms. The molecule has 1 N–H and O–H groups in total. The third-order valence-corrected chi connectivity index (χ3v) is 6.41. The highest BCUT2D eigenvalue weighted by molar-refractivity contribution is 5.95. The number of pyridine rings is 3. The predicted octanol–water partition coefficient (Wildman–Crippen LogP) is 5.75. The minimum absolute atomic E-state index is 0.117. The average Bonchev–Trinajstić information content (AvgIpc) is 3.29. The zero-order chi connectivity index (χ0) is 27.0. The second kappa shape index (κ2) is 9.77. The molecule has 0 amide bonds. The minimum atomic E-state index is -4.73. The van der Waals surface area contributed by atoms with Gasteiger partial charge in [0.1, 0.15) is 17.9 Å². The van der Waals surface area contributed by atoms with E-state index in [1.807, 2.05) is 45.0 Å². The fourth-order valence-electron chi connectivity index (χ4n) is 4.43. The summed E-state index contributed by atoms with van der Waals surface area (Å²) in [5.41, 5.74) is 4.21. The van der Waals surface area contributed by atoms with Crippen molar-refractivity contribution >= 4 is 10.9 Å². The number of hydrogen-bond donors (Lipinski definition) is 1. The fraction of sp³-hybridized carbons (Fsp3) is 0.214. The van der Waals surface area contributed by atoms with Crippen LogP contribution in [0, 0.1) is 20.8 Å². The van der Waals surface area contributed by atoms with Gasteiger partial charge in [-0.15, -0.1) is 0 Å². The van der Waals surface area contributed by atoms with Crippen LogP contribution in [0.3, 0.4) is 0 Å². The van der Waals surface area contributed by atoms with Crippen molar-refractivity contribution in [3.8, 4) is 17.0 Å². The number of rotatable bonds is 6. The Kier molecular flexibility index (Phi) is 6.48. The number of alkyl halides is 3. The van der Waals surface area contributed by atoms with Crippen molar-refractivity contribution in [1.82, 2.24) is 24.7 Å². The van der Waals surface area contributed by atoms with E-state index in [-0.39, 0.29) is 13.2 Å². The summed E-state index contributed by atoms with van der Waals surface area (Å²) in [5.74, 6) is 0.590. The maximum atomic E-state index is 13.2. The van der Waals surface area contributed by atoms with Crippen molar-refractivity contribution in [3.05, 3.63) is 105 Å². The van der Waals surface area contributed by atoms with E-state index in [1.165, 1.54) is 12.3 Å². The highest BCUT2D eigenvalue weighted by Crippen LogP contribution is 2.32.